The Morgan fingerprint density at radius 3 is 2.53 bits per heavy atom. The number of carbonyl (C=O) groups excluding carboxylic acids is 3. The van der Waals surface area contributed by atoms with Gasteiger partial charge in [0, 0.05) is 38.2 Å². The fourth-order valence-corrected chi connectivity index (χ4v) is 5.24. The number of amides is 1. The van der Waals surface area contributed by atoms with Gasteiger partial charge in [-0.15, -0.1) is 5.92 Å². The van der Waals surface area contributed by atoms with E-state index in [9.17, 15) is 24.0 Å². The summed E-state index contributed by atoms with van der Waals surface area (Å²) in [4.78, 5) is 71.5. The van der Waals surface area contributed by atoms with Gasteiger partial charge in [-0.1, -0.05) is 30.2 Å². The predicted molar refractivity (Wildman–Crippen MR) is 162 cm³/mol. The molecule has 43 heavy (non-hydrogen) atoms. The molecule has 1 fully saturated rings. The number of Topliss-reactive ketones (excluding diaryl/α,β-unsaturated/α-hetero) is 2. The van der Waals surface area contributed by atoms with Crippen molar-refractivity contribution >= 4 is 34.8 Å². The summed E-state index contributed by atoms with van der Waals surface area (Å²) < 4.78 is 9.24. The van der Waals surface area contributed by atoms with Crippen LogP contribution in [0.15, 0.2) is 33.9 Å². The Kier molecular flexibility index (Phi) is 9.23. The maximum absolute atomic E-state index is 13.9. The number of nitrogens with zero attached hydrogens (tertiary/aromatic N) is 5. The minimum Gasteiger partial charge on any atom is -0.444 e. The fraction of sp³-hybridized carbons (Fsp3) is 0.484. The maximum atomic E-state index is 13.9. The molecule has 12 nitrogen and oxygen atoms in total. The van der Waals surface area contributed by atoms with Crippen LogP contribution in [0.1, 0.15) is 63.4 Å². The first kappa shape index (κ1) is 31.3. The number of aromatic nitrogens is 4. The van der Waals surface area contributed by atoms with Crippen LogP contribution in [-0.4, -0.2) is 61.1 Å². The second-order valence-electron chi connectivity index (χ2n) is 11.7. The van der Waals surface area contributed by atoms with Gasteiger partial charge in [0.1, 0.15) is 11.4 Å². The fourth-order valence-electron chi connectivity index (χ4n) is 5.24. The Balaban J connectivity index is 1.74. The van der Waals surface area contributed by atoms with Crippen molar-refractivity contribution in [1.29, 1.82) is 0 Å². The standard InChI is InChI=1S/C31H38N6O6/c1-7-8-16-36-25-26(33-28(36)35-15-11-13-22(18-35)32-29(41)43-31(3,4)5)34(6)30(42)37(27(25)40)19-24(39)23-14-10-9-12-21(23)17-20(2)38/h9-10,12,14,22H,11,13,15-19H2,1-6H3,(H,32,41). The van der Waals surface area contributed by atoms with E-state index in [0.29, 0.717) is 24.6 Å². The Bertz CT molecular complexity index is 1750. The number of hydrogen-bond acceptors (Lipinski definition) is 8. The zero-order chi connectivity index (χ0) is 31.5. The zero-order valence-corrected chi connectivity index (χ0v) is 25.5. The van der Waals surface area contributed by atoms with Gasteiger partial charge in [-0.2, -0.15) is 4.98 Å². The second-order valence-corrected chi connectivity index (χ2v) is 11.7. The van der Waals surface area contributed by atoms with E-state index in [0.717, 1.165) is 17.4 Å². The molecular weight excluding hydrogens is 552 g/mol. The molecule has 1 atom stereocenters. The van der Waals surface area contributed by atoms with Crippen molar-refractivity contribution < 1.29 is 19.1 Å². The van der Waals surface area contributed by atoms with Crippen molar-refractivity contribution in [2.24, 2.45) is 7.05 Å². The maximum Gasteiger partial charge on any atom is 0.407 e. The normalized spacial score (nSPS) is 15.1. The van der Waals surface area contributed by atoms with Crippen LogP contribution in [0.25, 0.3) is 11.2 Å². The lowest BCUT2D eigenvalue weighted by molar-refractivity contribution is -0.116. The largest absolute Gasteiger partial charge is 0.444 e. The van der Waals surface area contributed by atoms with Gasteiger partial charge in [0.05, 0.1) is 13.1 Å². The highest BCUT2D eigenvalue weighted by Crippen LogP contribution is 2.24. The number of rotatable bonds is 8. The smallest absolute Gasteiger partial charge is 0.407 e. The molecule has 0 bridgehead atoms. The molecule has 1 saturated heterocycles. The number of alkyl carbamates (subject to hydrolysis) is 1. The number of imidazole rings is 1. The van der Waals surface area contributed by atoms with Crippen LogP contribution in [-0.2, 0) is 36.1 Å². The molecule has 0 aliphatic carbocycles. The molecule has 1 N–H and O–H groups in total. The van der Waals surface area contributed by atoms with Crippen LogP contribution in [0, 0.1) is 11.8 Å². The number of hydrogen-bond donors (Lipinski definition) is 1. The average molecular weight is 591 g/mol. The molecule has 0 spiro atoms. The summed E-state index contributed by atoms with van der Waals surface area (Å²) in [6, 6.07) is 6.46. The van der Waals surface area contributed by atoms with Crippen molar-refractivity contribution in [2.75, 3.05) is 18.0 Å². The molecular formula is C31H38N6O6. The lowest BCUT2D eigenvalue weighted by atomic mass is 9.99. The Hall–Kier alpha value is -4.66. The zero-order valence-electron chi connectivity index (χ0n) is 25.5. The summed E-state index contributed by atoms with van der Waals surface area (Å²) in [6.07, 6.45) is 1.05. The van der Waals surface area contributed by atoms with Gasteiger partial charge in [0.25, 0.3) is 5.56 Å². The number of piperidine rings is 1. The van der Waals surface area contributed by atoms with Crippen molar-refractivity contribution in [3.8, 4) is 11.8 Å². The third-order valence-electron chi connectivity index (χ3n) is 7.11. The predicted octanol–water partition coefficient (Wildman–Crippen LogP) is 2.43. The number of carbonyl (C=O) groups is 3. The molecule has 3 aromatic rings. The molecule has 1 aromatic carbocycles. The minimum atomic E-state index is -0.684. The van der Waals surface area contributed by atoms with Crippen molar-refractivity contribution in [3.05, 3.63) is 56.2 Å². The summed E-state index contributed by atoms with van der Waals surface area (Å²) in [7, 11) is 1.50. The van der Waals surface area contributed by atoms with Crippen LogP contribution >= 0.6 is 0 Å². The molecule has 228 valence electrons. The van der Waals surface area contributed by atoms with Crippen LogP contribution in [0.2, 0.25) is 0 Å². The van der Waals surface area contributed by atoms with Gasteiger partial charge in [0.15, 0.2) is 16.9 Å². The van der Waals surface area contributed by atoms with E-state index in [-0.39, 0.29) is 41.5 Å². The Morgan fingerprint density at radius 2 is 1.86 bits per heavy atom. The van der Waals surface area contributed by atoms with Crippen molar-refractivity contribution in [3.63, 3.8) is 0 Å². The number of ether oxygens (including phenoxy) is 1. The van der Waals surface area contributed by atoms with Crippen LogP contribution in [0.3, 0.4) is 0 Å². The molecule has 1 unspecified atom stereocenters. The van der Waals surface area contributed by atoms with Gasteiger partial charge in [0.2, 0.25) is 5.95 Å². The van der Waals surface area contributed by atoms with Crippen LogP contribution in [0.5, 0.6) is 0 Å². The van der Waals surface area contributed by atoms with Crippen LogP contribution in [0.4, 0.5) is 10.7 Å². The summed E-state index contributed by atoms with van der Waals surface area (Å²) in [6.45, 7) is 9.18. The van der Waals surface area contributed by atoms with E-state index in [2.05, 4.69) is 17.2 Å². The Labute approximate surface area is 249 Å². The molecule has 4 rings (SSSR count). The monoisotopic (exact) mass is 590 g/mol. The summed E-state index contributed by atoms with van der Waals surface area (Å²) in [5.74, 6) is 5.71. The Morgan fingerprint density at radius 1 is 1.14 bits per heavy atom. The summed E-state index contributed by atoms with van der Waals surface area (Å²) in [5, 5.41) is 2.92. The SMILES string of the molecule is CC#CCn1c(N2CCCC(NC(=O)OC(C)(C)C)C2)nc2c1c(=O)n(CC(=O)c1ccccc1CC(C)=O)c(=O)n2C. The summed E-state index contributed by atoms with van der Waals surface area (Å²) >= 11 is 0. The molecule has 0 radical (unpaired) electrons. The van der Waals surface area contributed by atoms with Gasteiger partial charge >= 0.3 is 11.8 Å². The van der Waals surface area contributed by atoms with Crippen molar-refractivity contribution in [2.45, 2.75) is 78.6 Å². The van der Waals surface area contributed by atoms with Gasteiger partial charge in [-0.05, 0) is 53.0 Å². The highest BCUT2D eigenvalue weighted by Gasteiger charge is 2.29. The summed E-state index contributed by atoms with van der Waals surface area (Å²) in [5.41, 5.74) is -0.834. The number of anilines is 1. The highest BCUT2D eigenvalue weighted by atomic mass is 16.6. The number of aryl methyl sites for hydroxylation is 1. The quantitative estimate of drug-likeness (QED) is 0.312. The van der Waals surface area contributed by atoms with E-state index in [1.807, 2.05) is 4.90 Å². The topological polar surface area (TPSA) is 138 Å². The first-order valence-electron chi connectivity index (χ1n) is 14.3. The van der Waals surface area contributed by atoms with Crippen molar-refractivity contribution in [1.82, 2.24) is 24.0 Å². The minimum absolute atomic E-state index is 0.0687. The molecule has 12 heteroatoms. The molecule has 1 aliphatic heterocycles. The number of fused-ring (bicyclic) bond motifs is 1. The van der Waals surface area contributed by atoms with Gasteiger partial charge in [-0.3, -0.25) is 28.1 Å². The molecule has 1 aliphatic rings. The van der Waals surface area contributed by atoms with Gasteiger partial charge < -0.3 is 15.0 Å². The highest BCUT2D eigenvalue weighted by molar-refractivity contribution is 5.98. The van der Waals surface area contributed by atoms with Gasteiger partial charge in [-0.25, -0.2) is 9.59 Å². The van der Waals surface area contributed by atoms with E-state index in [1.54, 1.807) is 56.5 Å². The van der Waals surface area contributed by atoms with E-state index >= 15 is 0 Å². The first-order chi connectivity index (χ1) is 20.3. The third kappa shape index (κ3) is 7.05. The second kappa shape index (κ2) is 12.7. The van der Waals surface area contributed by atoms with E-state index in [1.165, 1.54) is 18.5 Å². The number of benzene rings is 1. The van der Waals surface area contributed by atoms with E-state index < -0.39 is 35.3 Å². The number of nitrogens with one attached hydrogen (secondary N) is 1. The lowest BCUT2D eigenvalue weighted by Crippen LogP contribution is -2.49. The molecule has 3 heterocycles. The lowest BCUT2D eigenvalue weighted by Gasteiger charge is -2.34. The average Bonchev–Trinajstić information content (AvgIpc) is 3.31. The molecule has 0 saturated carbocycles. The first-order valence-corrected chi connectivity index (χ1v) is 14.3. The van der Waals surface area contributed by atoms with E-state index in [4.69, 9.17) is 9.72 Å². The third-order valence-corrected chi connectivity index (χ3v) is 7.11. The number of ketones is 2. The molecule has 1 amide bonds. The van der Waals surface area contributed by atoms with Crippen LogP contribution < -0.4 is 21.5 Å². The molecule has 2 aromatic heterocycles.